The van der Waals surface area contributed by atoms with Gasteiger partial charge in [-0.1, -0.05) is 42.8 Å². The maximum atomic E-state index is 11.6. The molecule has 1 N–H and O–H groups in total. The van der Waals surface area contributed by atoms with Gasteiger partial charge in [0.1, 0.15) is 0 Å². The Morgan fingerprint density at radius 2 is 2.18 bits per heavy atom. The van der Waals surface area contributed by atoms with Crippen molar-refractivity contribution in [2.24, 2.45) is 5.92 Å². The molecule has 0 aliphatic carbocycles. The Balaban J connectivity index is 1.81. The van der Waals surface area contributed by atoms with Crippen molar-refractivity contribution in [3.8, 4) is 11.4 Å². The SMILES string of the molecule is Cc1cccc(-c2noc(CCCC(=O)NCC(C)C)n2)c1. The van der Waals surface area contributed by atoms with E-state index in [0.717, 1.165) is 17.7 Å². The lowest BCUT2D eigenvalue weighted by Crippen LogP contribution is -2.27. The molecule has 0 saturated heterocycles. The maximum absolute atomic E-state index is 11.6. The lowest BCUT2D eigenvalue weighted by molar-refractivity contribution is -0.121. The van der Waals surface area contributed by atoms with Crippen LogP contribution in [0.3, 0.4) is 0 Å². The van der Waals surface area contributed by atoms with Crippen LogP contribution in [-0.4, -0.2) is 22.6 Å². The first-order valence-electron chi connectivity index (χ1n) is 7.71. The molecule has 1 heterocycles. The van der Waals surface area contributed by atoms with E-state index in [0.29, 0.717) is 36.9 Å². The van der Waals surface area contributed by atoms with Crippen molar-refractivity contribution in [2.75, 3.05) is 6.54 Å². The summed E-state index contributed by atoms with van der Waals surface area (Å²) < 4.78 is 5.25. The average Bonchev–Trinajstić information content (AvgIpc) is 2.94. The van der Waals surface area contributed by atoms with Gasteiger partial charge in [0, 0.05) is 24.9 Å². The molecule has 1 aromatic carbocycles. The molecule has 0 radical (unpaired) electrons. The fourth-order valence-electron chi connectivity index (χ4n) is 2.06. The highest BCUT2D eigenvalue weighted by atomic mass is 16.5. The molecule has 0 unspecified atom stereocenters. The van der Waals surface area contributed by atoms with Crippen molar-refractivity contribution in [1.82, 2.24) is 15.5 Å². The lowest BCUT2D eigenvalue weighted by atomic mass is 10.1. The van der Waals surface area contributed by atoms with Crippen LogP contribution in [0.5, 0.6) is 0 Å². The predicted molar refractivity (Wildman–Crippen MR) is 85.3 cm³/mol. The molecule has 2 aromatic rings. The molecule has 2 rings (SSSR count). The van der Waals surface area contributed by atoms with Gasteiger partial charge in [-0.25, -0.2) is 0 Å². The summed E-state index contributed by atoms with van der Waals surface area (Å²) in [6.07, 6.45) is 1.81. The molecule has 0 aliphatic rings. The van der Waals surface area contributed by atoms with Crippen LogP contribution >= 0.6 is 0 Å². The van der Waals surface area contributed by atoms with Gasteiger partial charge in [-0.05, 0) is 25.3 Å². The highest BCUT2D eigenvalue weighted by Gasteiger charge is 2.09. The molecule has 0 saturated carbocycles. The van der Waals surface area contributed by atoms with Crippen LogP contribution in [0.25, 0.3) is 11.4 Å². The Kier molecular flexibility index (Phi) is 5.69. The summed E-state index contributed by atoms with van der Waals surface area (Å²) in [5.74, 6) is 1.72. The van der Waals surface area contributed by atoms with Gasteiger partial charge in [-0.2, -0.15) is 4.98 Å². The lowest BCUT2D eigenvalue weighted by Gasteiger charge is -2.06. The second-order valence-corrected chi connectivity index (χ2v) is 5.93. The van der Waals surface area contributed by atoms with Crippen molar-refractivity contribution in [1.29, 1.82) is 0 Å². The predicted octanol–water partition coefficient (Wildman–Crippen LogP) is 3.14. The summed E-state index contributed by atoms with van der Waals surface area (Å²) >= 11 is 0. The third-order valence-corrected chi connectivity index (χ3v) is 3.25. The van der Waals surface area contributed by atoms with Gasteiger partial charge in [0.2, 0.25) is 17.6 Å². The summed E-state index contributed by atoms with van der Waals surface area (Å²) in [5, 5.41) is 6.90. The number of benzene rings is 1. The fraction of sp³-hybridized carbons (Fsp3) is 0.471. The summed E-state index contributed by atoms with van der Waals surface area (Å²) in [7, 11) is 0. The molecule has 0 aliphatic heterocycles. The van der Waals surface area contributed by atoms with Crippen LogP contribution in [0.15, 0.2) is 28.8 Å². The minimum atomic E-state index is 0.0760. The number of amides is 1. The molecule has 0 bridgehead atoms. The Labute approximate surface area is 131 Å². The van der Waals surface area contributed by atoms with E-state index in [4.69, 9.17) is 4.52 Å². The molecule has 0 spiro atoms. The van der Waals surface area contributed by atoms with Gasteiger partial charge < -0.3 is 9.84 Å². The average molecular weight is 301 g/mol. The van der Waals surface area contributed by atoms with Gasteiger partial charge in [0.05, 0.1) is 0 Å². The molecule has 22 heavy (non-hydrogen) atoms. The van der Waals surface area contributed by atoms with Gasteiger partial charge in [-0.15, -0.1) is 0 Å². The standard InChI is InChI=1S/C17H23N3O2/c1-12(2)11-18-15(21)8-5-9-16-19-17(20-22-16)14-7-4-6-13(3)10-14/h4,6-7,10,12H,5,8-9,11H2,1-3H3,(H,18,21). The highest BCUT2D eigenvalue weighted by molar-refractivity contribution is 5.75. The van der Waals surface area contributed by atoms with Crippen LogP contribution < -0.4 is 5.32 Å². The molecular formula is C17H23N3O2. The van der Waals surface area contributed by atoms with Crippen molar-refractivity contribution in [2.45, 2.75) is 40.0 Å². The maximum Gasteiger partial charge on any atom is 0.226 e. The quantitative estimate of drug-likeness (QED) is 0.853. The van der Waals surface area contributed by atoms with Crippen molar-refractivity contribution in [3.63, 3.8) is 0 Å². The summed E-state index contributed by atoms with van der Waals surface area (Å²) in [6, 6.07) is 7.98. The monoisotopic (exact) mass is 301 g/mol. The Bertz CT molecular complexity index is 620. The van der Waals surface area contributed by atoms with E-state index in [2.05, 4.69) is 29.3 Å². The van der Waals surface area contributed by atoms with E-state index in [9.17, 15) is 4.79 Å². The Hall–Kier alpha value is -2.17. The van der Waals surface area contributed by atoms with E-state index in [-0.39, 0.29) is 5.91 Å². The van der Waals surface area contributed by atoms with E-state index in [1.807, 2.05) is 31.2 Å². The largest absolute Gasteiger partial charge is 0.356 e. The van der Waals surface area contributed by atoms with Crippen LogP contribution in [0.4, 0.5) is 0 Å². The Morgan fingerprint density at radius 1 is 1.36 bits per heavy atom. The smallest absolute Gasteiger partial charge is 0.226 e. The molecule has 1 aromatic heterocycles. The minimum Gasteiger partial charge on any atom is -0.356 e. The zero-order valence-electron chi connectivity index (χ0n) is 13.4. The van der Waals surface area contributed by atoms with Crippen LogP contribution in [-0.2, 0) is 11.2 Å². The number of nitrogens with one attached hydrogen (secondary N) is 1. The summed E-state index contributed by atoms with van der Waals surface area (Å²) in [5.41, 5.74) is 2.11. The molecule has 0 fully saturated rings. The molecule has 0 atom stereocenters. The summed E-state index contributed by atoms with van der Waals surface area (Å²) in [6.45, 7) is 6.90. The topological polar surface area (TPSA) is 68.0 Å². The summed E-state index contributed by atoms with van der Waals surface area (Å²) in [4.78, 5) is 16.0. The number of hydrogen-bond acceptors (Lipinski definition) is 4. The number of carbonyl (C=O) groups excluding carboxylic acids is 1. The van der Waals surface area contributed by atoms with E-state index < -0.39 is 0 Å². The van der Waals surface area contributed by atoms with Crippen LogP contribution in [0, 0.1) is 12.8 Å². The number of nitrogens with zero attached hydrogens (tertiary/aromatic N) is 2. The molecule has 5 heteroatoms. The van der Waals surface area contributed by atoms with E-state index >= 15 is 0 Å². The molecule has 118 valence electrons. The third-order valence-electron chi connectivity index (χ3n) is 3.25. The van der Waals surface area contributed by atoms with Crippen molar-refractivity contribution >= 4 is 5.91 Å². The molecule has 1 amide bonds. The Morgan fingerprint density at radius 3 is 2.91 bits per heavy atom. The number of hydrogen-bond donors (Lipinski definition) is 1. The molecule has 5 nitrogen and oxygen atoms in total. The van der Waals surface area contributed by atoms with Gasteiger partial charge in [0.15, 0.2) is 0 Å². The second kappa shape index (κ2) is 7.73. The van der Waals surface area contributed by atoms with Gasteiger partial charge >= 0.3 is 0 Å². The van der Waals surface area contributed by atoms with E-state index in [1.54, 1.807) is 0 Å². The van der Waals surface area contributed by atoms with Crippen LogP contribution in [0.1, 0.15) is 38.1 Å². The van der Waals surface area contributed by atoms with Gasteiger partial charge in [-0.3, -0.25) is 4.79 Å². The highest BCUT2D eigenvalue weighted by Crippen LogP contribution is 2.17. The van der Waals surface area contributed by atoms with Crippen LogP contribution in [0.2, 0.25) is 0 Å². The van der Waals surface area contributed by atoms with Crippen molar-refractivity contribution < 1.29 is 9.32 Å². The molecular weight excluding hydrogens is 278 g/mol. The number of aryl methyl sites for hydroxylation is 2. The zero-order valence-corrected chi connectivity index (χ0v) is 13.4. The van der Waals surface area contributed by atoms with Crippen molar-refractivity contribution in [3.05, 3.63) is 35.7 Å². The van der Waals surface area contributed by atoms with E-state index in [1.165, 1.54) is 0 Å². The first-order chi connectivity index (χ1) is 10.5. The second-order valence-electron chi connectivity index (χ2n) is 5.93. The normalized spacial score (nSPS) is 10.9. The fourth-order valence-corrected chi connectivity index (χ4v) is 2.06. The number of rotatable bonds is 7. The minimum absolute atomic E-state index is 0.0760. The zero-order chi connectivity index (χ0) is 15.9. The first-order valence-corrected chi connectivity index (χ1v) is 7.71. The van der Waals surface area contributed by atoms with Gasteiger partial charge in [0.25, 0.3) is 0 Å². The number of aromatic nitrogens is 2. The first kappa shape index (κ1) is 16.2. The number of carbonyl (C=O) groups is 1. The third kappa shape index (κ3) is 4.98.